The monoisotopic (exact) mass is 290 g/mol. The van der Waals surface area contributed by atoms with Crippen molar-refractivity contribution in [1.82, 2.24) is 0 Å². The van der Waals surface area contributed by atoms with Gasteiger partial charge in [0.15, 0.2) is 0 Å². The molecule has 2 nitrogen and oxygen atoms in total. The molecule has 0 heterocycles. The molecule has 19 heavy (non-hydrogen) atoms. The molecule has 0 spiro atoms. The second-order valence-corrected chi connectivity index (χ2v) is 5.31. The Labute approximate surface area is 116 Å². The maximum Gasteiger partial charge on any atom is 0.417 e. The molecule has 6 heteroatoms. The molecule has 2 N–H and O–H groups in total. The van der Waals surface area contributed by atoms with E-state index in [1.54, 1.807) is 18.0 Å². The Morgan fingerprint density at radius 3 is 2.37 bits per heavy atom. The van der Waals surface area contributed by atoms with E-state index < -0.39 is 11.7 Å². The molecule has 0 aliphatic rings. The van der Waals surface area contributed by atoms with E-state index in [0.29, 0.717) is 18.2 Å². The lowest BCUT2D eigenvalue weighted by Gasteiger charge is -2.23. The summed E-state index contributed by atoms with van der Waals surface area (Å²) in [7, 11) is 1.76. The molecular formula is C13H17F3N2S. The van der Waals surface area contributed by atoms with Crippen LogP contribution in [-0.2, 0) is 6.18 Å². The molecular weight excluding hydrogens is 273 g/mol. The van der Waals surface area contributed by atoms with Crippen molar-refractivity contribution in [2.24, 2.45) is 11.7 Å². The minimum atomic E-state index is -4.46. The number of thiocarbonyl (C=S) groups is 1. The first-order valence-corrected chi connectivity index (χ1v) is 6.26. The van der Waals surface area contributed by atoms with Crippen LogP contribution in [0.1, 0.15) is 25.0 Å². The van der Waals surface area contributed by atoms with Gasteiger partial charge in [-0.25, -0.2) is 0 Å². The van der Waals surface area contributed by atoms with E-state index in [-0.39, 0.29) is 10.6 Å². The summed E-state index contributed by atoms with van der Waals surface area (Å²) in [6, 6.07) is 4.03. The smallest absolute Gasteiger partial charge is 0.389 e. The van der Waals surface area contributed by atoms with E-state index in [1.807, 2.05) is 13.8 Å². The summed E-state index contributed by atoms with van der Waals surface area (Å²) >= 11 is 4.66. The van der Waals surface area contributed by atoms with Gasteiger partial charge in [0, 0.05) is 24.8 Å². The van der Waals surface area contributed by atoms with Crippen LogP contribution in [0.5, 0.6) is 0 Å². The summed E-state index contributed by atoms with van der Waals surface area (Å²) in [5, 5.41) is 0. The largest absolute Gasteiger partial charge is 0.417 e. The molecule has 106 valence electrons. The Morgan fingerprint density at radius 2 is 1.95 bits per heavy atom. The van der Waals surface area contributed by atoms with Crippen LogP contribution in [0.2, 0.25) is 0 Å². The molecule has 0 atom stereocenters. The molecule has 0 unspecified atom stereocenters. The highest BCUT2D eigenvalue weighted by Crippen LogP contribution is 2.34. The van der Waals surface area contributed by atoms with E-state index in [1.165, 1.54) is 6.07 Å². The van der Waals surface area contributed by atoms with Crippen LogP contribution in [-0.4, -0.2) is 18.6 Å². The minimum absolute atomic E-state index is 0.135. The number of halogens is 3. The third-order valence-corrected chi connectivity index (χ3v) is 2.87. The second-order valence-electron chi connectivity index (χ2n) is 4.87. The summed E-state index contributed by atoms with van der Waals surface area (Å²) < 4.78 is 38.9. The lowest BCUT2D eigenvalue weighted by molar-refractivity contribution is -0.137. The molecule has 0 saturated carbocycles. The molecule has 0 aliphatic heterocycles. The van der Waals surface area contributed by atoms with Gasteiger partial charge in [-0.15, -0.1) is 0 Å². The molecule has 1 aromatic rings. The molecule has 0 aromatic heterocycles. The van der Waals surface area contributed by atoms with Crippen LogP contribution >= 0.6 is 12.2 Å². The molecule has 0 amide bonds. The highest BCUT2D eigenvalue weighted by molar-refractivity contribution is 7.80. The van der Waals surface area contributed by atoms with Crippen molar-refractivity contribution in [2.75, 3.05) is 18.5 Å². The van der Waals surface area contributed by atoms with Gasteiger partial charge in [-0.1, -0.05) is 26.1 Å². The third kappa shape index (κ3) is 4.09. The minimum Gasteiger partial charge on any atom is -0.389 e. The number of nitrogens with zero attached hydrogens (tertiary/aromatic N) is 1. The quantitative estimate of drug-likeness (QED) is 0.861. The van der Waals surface area contributed by atoms with Crippen LogP contribution in [0, 0.1) is 5.92 Å². The lowest BCUT2D eigenvalue weighted by atomic mass is 10.1. The van der Waals surface area contributed by atoms with Crippen molar-refractivity contribution in [1.29, 1.82) is 0 Å². The van der Waals surface area contributed by atoms with Crippen LogP contribution in [0.15, 0.2) is 18.2 Å². The van der Waals surface area contributed by atoms with Crippen molar-refractivity contribution in [3.8, 4) is 0 Å². The van der Waals surface area contributed by atoms with E-state index in [0.717, 1.165) is 6.07 Å². The summed E-state index contributed by atoms with van der Waals surface area (Å²) in [5.41, 5.74) is 4.92. The van der Waals surface area contributed by atoms with Gasteiger partial charge < -0.3 is 10.6 Å². The predicted octanol–water partition coefficient (Wildman–Crippen LogP) is 3.43. The Bertz CT molecular complexity index is 469. The number of nitrogens with two attached hydrogens (primary N) is 1. The van der Waals surface area contributed by atoms with E-state index in [9.17, 15) is 13.2 Å². The zero-order chi connectivity index (χ0) is 14.8. The van der Waals surface area contributed by atoms with Crippen LogP contribution in [0.25, 0.3) is 0 Å². The van der Waals surface area contributed by atoms with Crippen LogP contribution in [0.4, 0.5) is 18.9 Å². The Morgan fingerprint density at radius 1 is 1.37 bits per heavy atom. The number of benzene rings is 1. The number of rotatable bonds is 4. The fourth-order valence-corrected chi connectivity index (χ4v) is 2.05. The highest BCUT2D eigenvalue weighted by Gasteiger charge is 2.34. The van der Waals surface area contributed by atoms with E-state index in [4.69, 9.17) is 5.73 Å². The Balaban J connectivity index is 3.22. The fraction of sp³-hybridized carbons (Fsp3) is 0.462. The average molecular weight is 290 g/mol. The molecule has 1 rings (SSSR count). The third-order valence-electron chi connectivity index (χ3n) is 2.65. The zero-order valence-electron chi connectivity index (χ0n) is 11.1. The summed E-state index contributed by atoms with van der Waals surface area (Å²) in [6.45, 7) is 4.68. The van der Waals surface area contributed by atoms with E-state index in [2.05, 4.69) is 12.2 Å². The summed E-state index contributed by atoms with van der Waals surface area (Å²) in [4.78, 5) is 1.54. The molecule has 0 fully saturated rings. The Kier molecular flexibility index (Phi) is 4.79. The van der Waals surface area contributed by atoms with Gasteiger partial charge in [0.1, 0.15) is 4.99 Å². The van der Waals surface area contributed by atoms with Crippen molar-refractivity contribution >= 4 is 22.9 Å². The van der Waals surface area contributed by atoms with Crippen LogP contribution < -0.4 is 10.6 Å². The van der Waals surface area contributed by atoms with Gasteiger partial charge in [0.2, 0.25) is 0 Å². The first kappa shape index (κ1) is 15.8. The van der Waals surface area contributed by atoms with E-state index >= 15 is 0 Å². The second kappa shape index (κ2) is 5.77. The maximum atomic E-state index is 13.0. The fourth-order valence-electron chi connectivity index (χ4n) is 1.87. The molecule has 0 radical (unpaired) electrons. The predicted molar refractivity (Wildman–Crippen MR) is 75.4 cm³/mol. The first-order valence-electron chi connectivity index (χ1n) is 5.85. The van der Waals surface area contributed by atoms with Gasteiger partial charge in [-0.3, -0.25) is 0 Å². The Hall–Kier alpha value is -1.30. The van der Waals surface area contributed by atoms with Gasteiger partial charge in [-0.2, -0.15) is 13.2 Å². The SMILES string of the molecule is CC(C)CN(C)c1ccc(C(N)=S)c(C(F)(F)F)c1. The molecule has 1 aromatic carbocycles. The van der Waals surface area contributed by atoms with Gasteiger partial charge >= 0.3 is 6.18 Å². The molecule has 0 aliphatic carbocycles. The molecule has 0 bridgehead atoms. The lowest BCUT2D eigenvalue weighted by Crippen LogP contribution is -2.24. The van der Waals surface area contributed by atoms with Gasteiger partial charge in [-0.05, 0) is 24.1 Å². The standard InChI is InChI=1S/C13H17F3N2S/c1-8(2)7-18(3)9-4-5-10(12(17)19)11(6-9)13(14,15)16/h4-6,8H,7H2,1-3H3,(H2,17,19). The number of hydrogen-bond donors (Lipinski definition) is 1. The van der Waals surface area contributed by atoms with Crippen molar-refractivity contribution in [2.45, 2.75) is 20.0 Å². The number of alkyl halides is 3. The van der Waals surface area contributed by atoms with Crippen molar-refractivity contribution in [3.63, 3.8) is 0 Å². The van der Waals surface area contributed by atoms with Crippen molar-refractivity contribution in [3.05, 3.63) is 29.3 Å². The average Bonchev–Trinajstić information content (AvgIpc) is 2.25. The normalized spacial score (nSPS) is 11.7. The highest BCUT2D eigenvalue weighted by atomic mass is 32.1. The number of anilines is 1. The van der Waals surface area contributed by atoms with Crippen LogP contribution in [0.3, 0.4) is 0 Å². The summed E-state index contributed by atoms with van der Waals surface area (Å²) in [6.07, 6.45) is -4.46. The first-order chi connectivity index (χ1) is 8.62. The zero-order valence-corrected chi connectivity index (χ0v) is 11.9. The summed E-state index contributed by atoms with van der Waals surface area (Å²) in [5.74, 6) is 0.356. The van der Waals surface area contributed by atoms with Crippen molar-refractivity contribution < 1.29 is 13.2 Å². The van der Waals surface area contributed by atoms with Gasteiger partial charge in [0.05, 0.1) is 5.56 Å². The van der Waals surface area contributed by atoms with Gasteiger partial charge in [0.25, 0.3) is 0 Å². The molecule has 0 saturated heterocycles. The topological polar surface area (TPSA) is 29.3 Å². The maximum absolute atomic E-state index is 13.0. The number of hydrogen-bond acceptors (Lipinski definition) is 2.